The van der Waals surface area contributed by atoms with Crippen molar-refractivity contribution in [2.45, 2.75) is 37.0 Å². The molecule has 1 heterocycles. The molecule has 2 fully saturated rings. The van der Waals surface area contributed by atoms with E-state index in [1.165, 1.54) is 0 Å². The average molecular weight is 262 g/mol. The lowest BCUT2D eigenvalue weighted by Crippen LogP contribution is -2.46. The van der Waals surface area contributed by atoms with Gasteiger partial charge in [-0.2, -0.15) is 0 Å². The van der Waals surface area contributed by atoms with Gasteiger partial charge < -0.3 is 9.64 Å². The molecule has 0 aromatic rings. The lowest BCUT2D eigenvalue weighted by atomic mass is 10.1. The number of hydrogen-bond donors (Lipinski definition) is 1. The van der Waals surface area contributed by atoms with E-state index in [4.69, 9.17) is 4.74 Å². The van der Waals surface area contributed by atoms with E-state index in [1.54, 1.807) is 7.11 Å². The zero-order valence-electron chi connectivity index (χ0n) is 10.4. The van der Waals surface area contributed by atoms with Crippen LogP contribution in [-0.2, 0) is 14.8 Å². The second kappa shape index (κ2) is 5.65. The van der Waals surface area contributed by atoms with Crippen LogP contribution in [0.3, 0.4) is 0 Å². The van der Waals surface area contributed by atoms with Crippen LogP contribution in [-0.4, -0.2) is 58.0 Å². The van der Waals surface area contributed by atoms with Crippen molar-refractivity contribution in [1.82, 2.24) is 9.62 Å². The molecule has 2 rings (SSSR count). The normalized spacial score (nSPS) is 24.1. The van der Waals surface area contributed by atoms with Gasteiger partial charge in [-0.3, -0.25) is 0 Å². The van der Waals surface area contributed by atoms with Crippen molar-refractivity contribution in [3.05, 3.63) is 0 Å². The molecule has 1 saturated heterocycles. The minimum atomic E-state index is -3.01. The summed E-state index contributed by atoms with van der Waals surface area (Å²) in [6.07, 6.45) is 3.50. The highest BCUT2D eigenvalue weighted by Crippen LogP contribution is 2.28. The molecular formula is C11H22N2O3S. The van der Waals surface area contributed by atoms with E-state index in [0.717, 1.165) is 51.9 Å². The Hall–Kier alpha value is -0.170. The lowest BCUT2D eigenvalue weighted by molar-refractivity contribution is 0.129. The topological polar surface area (TPSA) is 58.6 Å². The number of ether oxygens (including phenoxy) is 1. The Morgan fingerprint density at radius 3 is 2.41 bits per heavy atom. The second-order valence-electron chi connectivity index (χ2n) is 4.97. The van der Waals surface area contributed by atoms with Crippen LogP contribution in [0.15, 0.2) is 0 Å². The van der Waals surface area contributed by atoms with Gasteiger partial charge in [0.1, 0.15) is 0 Å². The van der Waals surface area contributed by atoms with E-state index in [9.17, 15) is 8.42 Å². The molecular weight excluding hydrogens is 240 g/mol. The Morgan fingerprint density at radius 2 is 1.88 bits per heavy atom. The van der Waals surface area contributed by atoms with Crippen molar-refractivity contribution in [3.63, 3.8) is 0 Å². The third kappa shape index (κ3) is 3.91. The van der Waals surface area contributed by atoms with E-state index >= 15 is 0 Å². The molecule has 0 atom stereocenters. The minimum Gasteiger partial charge on any atom is -0.383 e. The maximum atomic E-state index is 11.8. The van der Waals surface area contributed by atoms with Crippen molar-refractivity contribution in [1.29, 1.82) is 0 Å². The molecule has 1 aliphatic carbocycles. The molecule has 0 aromatic carbocycles. The van der Waals surface area contributed by atoms with Crippen LogP contribution in [0.4, 0.5) is 0 Å². The summed E-state index contributed by atoms with van der Waals surface area (Å²) in [6, 6.07) is 0.138. The highest BCUT2D eigenvalue weighted by molar-refractivity contribution is 7.90. The number of nitrogens with one attached hydrogen (secondary N) is 1. The molecule has 17 heavy (non-hydrogen) atoms. The van der Waals surface area contributed by atoms with Gasteiger partial charge >= 0.3 is 0 Å². The van der Waals surface area contributed by atoms with Crippen LogP contribution >= 0.6 is 0 Å². The SMILES string of the molecule is COCCN1CCC(NS(=O)(=O)C2CC2)CC1. The van der Waals surface area contributed by atoms with Gasteiger partial charge in [0.05, 0.1) is 11.9 Å². The average Bonchev–Trinajstić information content (AvgIpc) is 3.12. The van der Waals surface area contributed by atoms with E-state index in [0.29, 0.717) is 0 Å². The van der Waals surface area contributed by atoms with Gasteiger partial charge in [0, 0.05) is 19.7 Å². The standard InChI is InChI=1S/C11H22N2O3S/c1-16-9-8-13-6-4-10(5-7-13)12-17(14,15)11-2-3-11/h10-12H,2-9H2,1H3. The molecule has 1 aliphatic heterocycles. The summed E-state index contributed by atoms with van der Waals surface area (Å²) in [5, 5.41) is -0.103. The van der Waals surface area contributed by atoms with E-state index < -0.39 is 10.0 Å². The predicted octanol–water partition coefficient (Wildman–Crippen LogP) is 0.179. The first-order valence-electron chi connectivity index (χ1n) is 6.34. The largest absolute Gasteiger partial charge is 0.383 e. The van der Waals surface area contributed by atoms with Crippen molar-refractivity contribution < 1.29 is 13.2 Å². The van der Waals surface area contributed by atoms with Crippen molar-refractivity contribution in [2.75, 3.05) is 33.4 Å². The maximum absolute atomic E-state index is 11.8. The Morgan fingerprint density at radius 1 is 1.24 bits per heavy atom. The monoisotopic (exact) mass is 262 g/mol. The minimum absolute atomic E-state index is 0.103. The first-order chi connectivity index (χ1) is 8.12. The summed E-state index contributed by atoms with van der Waals surface area (Å²) in [5.74, 6) is 0. The Bertz CT molecular complexity index is 333. The summed E-state index contributed by atoms with van der Waals surface area (Å²) < 4.78 is 31.4. The van der Waals surface area contributed by atoms with Gasteiger partial charge in [0.15, 0.2) is 0 Å². The highest BCUT2D eigenvalue weighted by Gasteiger charge is 2.37. The third-order valence-corrected chi connectivity index (χ3v) is 5.50. The molecule has 5 nitrogen and oxygen atoms in total. The summed E-state index contributed by atoms with van der Waals surface area (Å²) >= 11 is 0. The quantitative estimate of drug-likeness (QED) is 0.742. The molecule has 0 aromatic heterocycles. The van der Waals surface area contributed by atoms with Crippen LogP contribution < -0.4 is 4.72 Å². The molecule has 0 radical (unpaired) electrons. The van der Waals surface area contributed by atoms with Gasteiger partial charge in [0.25, 0.3) is 0 Å². The predicted molar refractivity (Wildman–Crippen MR) is 66.4 cm³/mol. The van der Waals surface area contributed by atoms with Crippen molar-refractivity contribution >= 4 is 10.0 Å². The van der Waals surface area contributed by atoms with Crippen molar-refractivity contribution in [2.24, 2.45) is 0 Å². The van der Waals surface area contributed by atoms with Crippen LogP contribution in [0.25, 0.3) is 0 Å². The molecule has 0 unspecified atom stereocenters. The summed E-state index contributed by atoms with van der Waals surface area (Å²) in [4.78, 5) is 2.32. The zero-order valence-corrected chi connectivity index (χ0v) is 11.2. The van der Waals surface area contributed by atoms with Crippen LogP contribution in [0.5, 0.6) is 0 Å². The number of piperidine rings is 1. The number of rotatable bonds is 6. The molecule has 0 amide bonds. The fraction of sp³-hybridized carbons (Fsp3) is 1.00. The Kier molecular flexibility index (Phi) is 4.41. The first-order valence-corrected chi connectivity index (χ1v) is 7.89. The van der Waals surface area contributed by atoms with E-state index in [1.807, 2.05) is 0 Å². The summed E-state index contributed by atoms with van der Waals surface area (Å²) in [6.45, 7) is 3.61. The van der Waals surface area contributed by atoms with E-state index in [2.05, 4.69) is 9.62 Å². The van der Waals surface area contributed by atoms with Crippen molar-refractivity contribution in [3.8, 4) is 0 Å². The Labute approximate surface area is 104 Å². The fourth-order valence-electron chi connectivity index (χ4n) is 2.20. The van der Waals surface area contributed by atoms with Gasteiger partial charge in [0.2, 0.25) is 10.0 Å². The van der Waals surface area contributed by atoms with Gasteiger partial charge in [-0.25, -0.2) is 13.1 Å². The van der Waals surface area contributed by atoms with E-state index in [-0.39, 0.29) is 11.3 Å². The highest BCUT2D eigenvalue weighted by atomic mass is 32.2. The molecule has 6 heteroatoms. The lowest BCUT2D eigenvalue weighted by Gasteiger charge is -2.31. The number of likely N-dealkylation sites (tertiary alicyclic amines) is 1. The first kappa shape index (κ1) is 13.3. The van der Waals surface area contributed by atoms with Crippen LogP contribution in [0, 0.1) is 0 Å². The number of nitrogens with zero attached hydrogens (tertiary/aromatic N) is 1. The maximum Gasteiger partial charge on any atom is 0.214 e. The number of methoxy groups -OCH3 is 1. The van der Waals surface area contributed by atoms with Gasteiger partial charge in [-0.1, -0.05) is 0 Å². The molecule has 2 aliphatic rings. The Balaban J connectivity index is 1.71. The van der Waals surface area contributed by atoms with Crippen LogP contribution in [0.1, 0.15) is 25.7 Å². The summed E-state index contributed by atoms with van der Waals surface area (Å²) in [7, 11) is -1.31. The third-order valence-electron chi connectivity index (χ3n) is 3.49. The fourth-order valence-corrected chi connectivity index (χ4v) is 3.85. The number of sulfonamides is 1. The van der Waals surface area contributed by atoms with Gasteiger partial charge in [-0.15, -0.1) is 0 Å². The molecule has 1 saturated carbocycles. The van der Waals surface area contributed by atoms with Crippen LogP contribution in [0.2, 0.25) is 0 Å². The molecule has 1 N–H and O–H groups in total. The molecule has 0 spiro atoms. The molecule has 100 valence electrons. The zero-order chi connectivity index (χ0) is 12.3. The summed E-state index contributed by atoms with van der Waals surface area (Å²) in [5.41, 5.74) is 0. The number of hydrogen-bond acceptors (Lipinski definition) is 4. The second-order valence-corrected chi connectivity index (χ2v) is 6.96. The molecule has 0 bridgehead atoms. The smallest absolute Gasteiger partial charge is 0.214 e. The van der Waals surface area contributed by atoms with Gasteiger partial charge in [-0.05, 0) is 38.8 Å².